The van der Waals surface area contributed by atoms with Gasteiger partial charge in [-0.2, -0.15) is 5.48 Å². The van der Waals surface area contributed by atoms with E-state index in [2.05, 4.69) is 22.6 Å². The normalized spacial score (nSPS) is 13.3. The summed E-state index contributed by atoms with van der Waals surface area (Å²) >= 11 is 0. The van der Waals surface area contributed by atoms with Gasteiger partial charge in [-0.25, -0.2) is 0 Å². The lowest BCUT2D eigenvalue weighted by molar-refractivity contribution is -0.116. The Balaban J connectivity index is 4.16. The highest BCUT2D eigenvalue weighted by Gasteiger charge is 2.24. The zero-order valence-corrected chi connectivity index (χ0v) is 10.9. The van der Waals surface area contributed by atoms with Gasteiger partial charge in [-0.3, -0.25) is 9.63 Å². The second-order valence-electron chi connectivity index (χ2n) is 4.13. The van der Waals surface area contributed by atoms with Crippen LogP contribution in [0, 0.1) is 24.7 Å². The molecular weight excluding hydrogens is 232 g/mol. The van der Waals surface area contributed by atoms with Crippen molar-refractivity contribution in [2.45, 2.75) is 19.4 Å². The average Bonchev–Trinajstić information content (AvgIpc) is 2.33. The number of ketones is 1. The Labute approximate surface area is 109 Å². The topological polar surface area (TPSA) is 59.6 Å². The molecule has 0 bridgehead atoms. The molecule has 0 aliphatic carbocycles. The van der Waals surface area contributed by atoms with E-state index in [4.69, 9.17) is 22.4 Å². The van der Waals surface area contributed by atoms with E-state index in [0.717, 1.165) is 0 Å². The third-order valence-corrected chi connectivity index (χ3v) is 2.09. The predicted molar refractivity (Wildman–Crippen MR) is 69.5 cm³/mol. The van der Waals surface area contributed by atoms with E-state index >= 15 is 0 Å². The number of hydroxylamine groups is 1. The molecule has 0 saturated carbocycles. The fourth-order valence-corrected chi connectivity index (χ4v) is 1.14. The van der Waals surface area contributed by atoms with Crippen LogP contribution in [0.15, 0.2) is 0 Å². The molecule has 0 aromatic heterocycles. The van der Waals surface area contributed by atoms with Crippen LogP contribution < -0.4 is 10.8 Å². The lowest BCUT2D eigenvalue weighted by atomic mass is 10.0. The second-order valence-corrected chi connectivity index (χ2v) is 4.13. The zero-order chi connectivity index (χ0) is 13.9. The minimum Gasteiger partial charge on any atom is -0.367 e. The average molecular weight is 252 g/mol. The Hall–Kier alpha value is -1.37. The number of Topliss-reactive ketones (excluding diaryl/α,β-unsaturated/α-hetero) is 1. The maximum absolute atomic E-state index is 11.0. The molecule has 0 aliphatic rings. The van der Waals surface area contributed by atoms with Crippen molar-refractivity contribution in [2.75, 3.05) is 32.9 Å². The van der Waals surface area contributed by atoms with Gasteiger partial charge in [0.1, 0.15) is 19.0 Å². The molecule has 0 aliphatic heterocycles. The molecule has 100 valence electrons. The molecule has 0 heterocycles. The van der Waals surface area contributed by atoms with Crippen molar-refractivity contribution >= 4 is 5.78 Å². The van der Waals surface area contributed by atoms with Crippen LogP contribution in [0.25, 0.3) is 0 Å². The fourth-order valence-electron chi connectivity index (χ4n) is 1.14. The summed E-state index contributed by atoms with van der Waals surface area (Å²) in [7, 11) is 0. The van der Waals surface area contributed by atoms with Gasteiger partial charge in [0, 0.05) is 6.54 Å². The number of nitrogens with one attached hydrogen (secondary N) is 2. The summed E-state index contributed by atoms with van der Waals surface area (Å²) in [6.07, 6.45) is 10.2. The third-order valence-electron chi connectivity index (χ3n) is 2.09. The van der Waals surface area contributed by atoms with Gasteiger partial charge in [-0.05, 0) is 13.8 Å². The lowest BCUT2D eigenvalue weighted by Gasteiger charge is -2.30. The van der Waals surface area contributed by atoms with Crippen LogP contribution in [0.1, 0.15) is 13.8 Å². The molecular formula is C13H20N2O3. The van der Waals surface area contributed by atoms with Gasteiger partial charge in [0.15, 0.2) is 0 Å². The maximum atomic E-state index is 11.0. The van der Waals surface area contributed by atoms with E-state index < -0.39 is 5.54 Å². The largest absolute Gasteiger partial charge is 0.367 e. The summed E-state index contributed by atoms with van der Waals surface area (Å²) in [5, 5.41) is 3.09. The van der Waals surface area contributed by atoms with Crippen LogP contribution in [0.5, 0.6) is 0 Å². The molecule has 0 rings (SSSR count). The molecule has 0 aromatic rings. The molecule has 5 heteroatoms. The molecule has 1 atom stereocenters. The van der Waals surface area contributed by atoms with Gasteiger partial charge in [0.2, 0.25) is 0 Å². The van der Waals surface area contributed by atoms with Gasteiger partial charge in [0.05, 0.1) is 18.7 Å². The van der Waals surface area contributed by atoms with Crippen molar-refractivity contribution in [1.29, 1.82) is 0 Å². The predicted octanol–water partition coefficient (Wildman–Crippen LogP) is -0.272. The number of ether oxygens (including phenoxy) is 1. The molecule has 5 nitrogen and oxygen atoms in total. The Morgan fingerprint density at radius 1 is 1.33 bits per heavy atom. The first kappa shape index (κ1) is 16.6. The molecule has 1 unspecified atom stereocenters. The zero-order valence-electron chi connectivity index (χ0n) is 10.9. The SMILES string of the molecule is C#CCOCC(C)(CNOCC#C)NCC(C)=O. The fraction of sp³-hybridized carbons (Fsp3) is 0.615. The van der Waals surface area contributed by atoms with Crippen molar-refractivity contribution in [3.63, 3.8) is 0 Å². The molecule has 18 heavy (non-hydrogen) atoms. The summed E-state index contributed by atoms with van der Waals surface area (Å²) in [6, 6.07) is 0. The number of carbonyl (C=O) groups is 1. The van der Waals surface area contributed by atoms with Crippen LogP contribution in [0.4, 0.5) is 0 Å². The Morgan fingerprint density at radius 2 is 2.00 bits per heavy atom. The summed E-state index contributed by atoms with van der Waals surface area (Å²) in [5.74, 6) is 4.77. The van der Waals surface area contributed by atoms with Gasteiger partial charge in [-0.15, -0.1) is 12.8 Å². The molecule has 2 N–H and O–H groups in total. The molecule has 0 spiro atoms. The maximum Gasteiger partial charge on any atom is 0.143 e. The van der Waals surface area contributed by atoms with Gasteiger partial charge in [0.25, 0.3) is 0 Å². The molecule has 0 radical (unpaired) electrons. The highest BCUT2D eigenvalue weighted by molar-refractivity contribution is 5.77. The van der Waals surface area contributed by atoms with Gasteiger partial charge < -0.3 is 10.1 Å². The standard InChI is InChI=1S/C13H20N2O3/c1-5-7-17-11-13(4,14-9-12(3)16)10-15-18-8-6-2/h1-2,14-15H,7-11H2,3-4H3. The van der Waals surface area contributed by atoms with Crippen LogP contribution in [0.2, 0.25) is 0 Å². The summed E-state index contributed by atoms with van der Waals surface area (Å²) in [6.45, 7) is 4.86. The second kappa shape index (κ2) is 9.64. The van der Waals surface area contributed by atoms with Crippen LogP contribution in [-0.2, 0) is 14.4 Å². The van der Waals surface area contributed by atoms with E-state index in [1.165, 1.54) is 6.92 Å². The number of rotatable bonds is 10. The van der Waals surface area contributed by atoms with Crippen molar-refractivity contribution in [2.24, 2.45) is 0 Å². The summed E-state index contributed by atoms with van der Waals surface area (Å²) in [5.41, 5.74) is 2.27. The minimum absolute atomic E-state index is 0.0442. The monoisotopic (exact) mass is 252 g/mol. The van der Waals surface area contributed by atoms with E-state index in [1.54, 1.807) is 0 Å². The number of terminal acetylenes is 2. The third kappa shape index (κ3) is 8.74. The van der Waals surface area contributed by atoms with Crippen LogP contribution >= 0.6 is 0 Å². The van der Waals surface area contributed by atoms with Crippen molar-refractivity contribution in [1.82, 2.24) is 10.8 Å². The highest BCUT2D eigenvalue weighted by Crippen LogP contribution is 2.03. The van der Waals surface area contributed by atoms with Crippen molar-refractivity contribution in [3.8, 4) is 24.7 Å². The van der Waals surface area contributed by atoms with Crippen LogP contribution in [0.3, 0.4) is 0 Å². The van der Waals surface area contributed by atoms with Crippen LogP contribution in [-0.4, -0.2) is 44.2 Å². The van der Waals surface area contributed by atoms with E-state index in [-0.39, 0.29) is 25.5 Å². The highest BCUT2D eigenvalue weighted by atomic mass is 16.6. The Bertz CT molecular complexity index is 330. The Morgan fingerprint density at radius 3 is 2.56 bits per heavy atom. The van der Waals surface area contributed by atoms with E-state index in [9.17, 15) is 4.79 Å². The minimum atomic E-state index is -0.461. The Kier molecular flexibility index (Phi) is 8.91. The molecule has 0 aromatic carbocycles. The van der Waals surface area contributed by atoms with Gasteiger partial charge in [-0.1, -0.05) is 11.8 Å². The first-order valence-electron chi connectivity index (χ1n) is 5.58. The first-order valence-corrected chi connectivity index (χ1v) is 5.58. The molecule has 0 saturated heterocycles. The number of hydrogen-bond donors (Lipinski definition) is 2. The summed E-state index contributed by atoms with van der Waals surface area (Å²) < 4.78 is 5.29. The van der Waals surface area contributed by atoms with E-state index in [1.807, 2.05) is 6.92 Å². The van der Waals surface area contributed by atoms with Crippen molar-refractivity contribution < 1.29 is 14.4 Å². The number of carbonyl (C=O) groups excluding carboxylic acids is 1. The first-order chi connectivity index (χ1) is 8.54. The van der Waals surface area contributed by atoms with Crippen molar-refractivity contribution in [3.05, 3.63) is 0 Å². The molecule has 0 amide bonds. The molecule has 0 fully saturated rings. The number of hydrogen-bond acceptors (Lipinski definition) is 5. The quantitative estimate of drug-likeness (QED) is 0.318. The smallest absolute Gasteiger partial charge is 0.143 e. The summed E-state index contributed by atoms with van der Waals surface area (Å²) in [4.78, 5) is 16.0. The van der Waals surface area contributed by atoms with Gasteiger partial charge >= 0.3 is 0 Å². The lowest BCUT2D eigenvalue weighted by Crippen LogP contribution is -2.54. The van der Waals surface area contributed by atoms with E-state index in [0.29, 0.717) is 13.2 Å².